The molecule has 5 nitrogen and oxygen atoms in total. The summed E-state index contributed by atoms with van der Waals surface area (Å²) in [6.45, 7) is 3.16. The van der Waals surface area contributed by atoms with Gasteiger partial charge in [0.05, 0.1) is 11.5 Å². The number of aromatic nitrogens is 1. The van der Waals surface area contributed by atoms with Gasteiger partial charge in [0.15, 0.2) is 9.84 Å². The fourth-order valence-electron chi connectivity index (χ4n) is 2.07. The van der Waals surface area contributed by atoms with Gasteiger partial charge in [-0.15, -0.1) is 0 Å². The molecule has 1 aliphatic heterocycles. The lowest BCUT2D eigenvalue weighted by atomic mass is 10.2. The summed E-state index contributed by atoms with van der Waals surface area (Å²) in [6, 6.07) is 3.81. The van der Waals surface area contributed by atoms with Crippen LogP contribution in [0.4, 0.5) is 5.82 Å². The van der Waals surface area contributed by atoms with E-state index < -0.39 is 9.84 Å². The molecule has 17 heavy (non-hydrogen) atoms. The maximum atomic E-state index is 11.5. The van der Waals surface area contributed by atoms with Crippen LogP contribution in [-0.4, -0.2) is 42.4 Å². The molecule has 0 radical (unpaired) electrons. The van der Waals surface area contributed by atoms with E-state index in [1.54, 1.807) is 6.20 Å². The van der Waals surface area contributed by atoms with Crippen LogP contribution in [0.3, 0.4) is 0 Å². The number of hydrogen-bond donors (Lipinski definition) is 1. The maximum Gasteiger partial charge on any atom is 0.153 e. The first kappa shape index (κ1) is 12.3. The monoisotopic (exact) mass is 255 g/mol. The fourth-order valence-corrected chi connectivity index (χ4v) is 3.70. The Morgan fingerprint density at radius 2 is 2.35 bits per heavy atom. The van der Waals surface area contributed by atoms with E-state index in [9.17, 15) is 8.42 Å². The third-order valence-corrected chi connectivity index (χ3v) is 4.90. The number of nitrogens with two attached hydrogens (primary N) is 1. The third kappa shape index (κ3) is 2.95. The zero-order valence-corrected chi connectivity index (χ0v) is 10.7. The van der Waals surface area contributed by atoms with Crippen LogP contribution in [0.1, 0.15) is 12.5 Å². The van der Waals surface area contributed by atoms with E-state index in [1.165, 1.54) is 0 Å². The van der Waals surface area contributed by atoms with Crippen molar-refractivity contribution in [3.63, 3.8) is 0 Å². The molecule has 6 heteroatoms. The van der Waals surface area contributed by atoms with Crippen LogP contribution < -0.4 is 5.73 Å². The van der Waals surface area contributed by atoms with E-state index in [4.69, 9.17) is 5.73 Å². The topological polar surface area (TPSA) is 76.3 Å². The summed E-state index contributed by atoms with van der Waals surface area (Å²) < 4.78 is 22.9. The fraction of sp³-hybridized carbons (Fsp3) is 0.545. The second kappa shape index (κ2) is 4.62. The molecule has 94 valence electrons. The van der Waals surface area contributed by atoms with Crippen molar-refractivity contribution in [1.82, 2.24) is 9.88 Å². The lowest BCUT2D eigenvalue weighted by Gasteiger charge is -2.33. The average molecular weight is 255 g/mol. The van der Waals surface area contributed by atoms with Crippen molar-refractivity contribution in [3.8, 4) is 0 Å². The zero-order valence-electron chi connectivity index (χ0n) is 9.83. The van der Waals surface area contributed by atoms with Crippen molar-refractivity contribution in [2.75, 3.05) is 23.8 Å². The second-order valence-electron chi connectivity index (χ2n) is 4.48. The van der Waals surface area contributed by atoms with Gasteiger partial charge >= 0.3 is 0 Å². The summed E-state index contributed by atoms with van der Waals surface area (Å²) in [4.78, 5) is 6.16. The molecule has 2 N–H and O–H groups in total. The first-order chi connectivity index (χ1) is 7.98. The molecular formula is C11H17N3O2S. The molecule has 0 aromatic carbocycles. The smallest absolute Gasteiger partial charge is 0.153 e. The molecule has 2 rings (SSSR count). The predicted molar refractivity (Wildman–Crippen MR) is 67.2 cm³/mol. The second-order valence-corrected chi connectivity index (χ2v) is 6.71. The molecule has 0 spiro atoms. The van der Waals surface area contributed by atoms with Gasteiger partial charge in [-0.2, -0.15) is 0 Å². The quantitative estimate of drug-likeness (QED) is 0.821. The lowest BCUT2D eigenvalue weighted by Crippen LogP contribution is -2.46. The Morgan fingerprint density at radius 1 is 1.59 bits per heavy atom. The average Bonchev–Trinajstić information content (AvgIpc) is 2.24. The van der Waals surface area contributed by atoms with Crippen molar-refractivity contribution < 1.29 is 8.42 Å². The van der Waals surface area contributed by atoms with E-state index in [0.717, 1.165) is 5.56 Å². The first-order valence-electron chi connectivity index (χ1n) is 5.62. The number of nitrogens with zero attached hydrogens (tertiary/aromatic N) is 2. The van der Waals surface area contributed by atoms with Gasteiger partial charge in [0.25, 0.3) is 0 Å². The molecule has 1 saturated heterocycles. The van der Waals surface area contributed by atoms with Gasteiger partial charge in [0, 0.05) is 30.9 Å². The summed E-state index contributed by atoms with van der Waals surface area (Å²) in [5, 5.41) is 0. The largest absolute Gasteiger partial charge is 0.383 e. The molecule has 1 atom stereocenters. The van der Waals surface area contributed by atoms with Crippen LogP contribution in [0.15, 0.2) is 18.3 Å². The molecule has 0 saturated carbocycles. The number of rotatable bonds is 2. The van der Waals surface area contributed by atoms with E-state index in [1.807, 2.05) is 19.1 Å². The van der Waals surface area contributed by atoms with Gasteiger partial charge in [-0.05, 0) is 13.0 Å². The number of sulfone groups is 1. The summed E-state index contributed by atoms with van der Waals surface area (Å²) in [7, 11) is -2.86. The SMILES string of the molecule is CC1CS(=O)(=O)CCN1Cc1cccnc1N. The summed E-state index contributed by atoms with van der Waals surface area (Å²) in [6.07, 6.45) is 1.66. The van der Waals surface area contributed by atoms with Gasteiger partial charge in [-0.25, -0.2) is 13.4 Å². The van der Waals surface area contributed by atoms with Crippen LogP contribution in [0.5, 0.6) is 0 Å². The Hall–Kier alpha value is -1.14. The highest BCUT2D eigenvalue weighted by atomic mass is 32.2. The highest BCUT2D eigenvalue weighted by Gasteiger charge is 2.28. The maximum absolute atomic E-state index is 11.5. The summed E-state index contributed by atoms with van der Waals surface area (Å²) in [5.41, 5.74) is 6.74. The van der Waals surface area contributed by atoms with Crippen molar-refractivity contribution >= 4 is 15.7 Å². The van der Waals surface area contributed by atoms with Crippen molar-refractivity contribution in [2.24, 2.45) is 0 Å². The summed E-state index contributed by atoms with van der Waals surface area (Å²) >= 11 is 0. The molecule has 0 amide bonds. The third-order valence-electron chi connectivity index (χ3n) is 3.11. The van der Waals surface area contributed by atoms with Gasteiger partial charge in [-0.3, -0.25) is 4.90 Å². The minimum Gasteiger partial charge on any atom is -0.383 e. The Morgan fingerprint density at radius 3 is 3.00 bits per heavy atom. The molecule has 0 bridgehead atoms. The molecule has 2 heterocycles. The minimum absolute atomic E-state index is 0.0355. The van der Waals surface area contributed by atoms with Gasteiger partial charge in [0.1, 0.15) is 5.82 Å². The van der Waals surface area contributed by atoms with Crippen molar-refractivity contribution in [1.29, 1.82) is 0 Å². The van der Waals surface area contributed by atoms with Crippen LogP contribution in [0, 0.1) is 0 Å². The molecule has 1 fully saturated rings. The van der Waals surface area contributed by atoms with Gasteiger partial charge in [-0.1, -0.05) is 6.07 Å². The van der Waals surface area contributed by atoms with Crippen molar-refractivity contribution in [2.45, 2.75) is 19.5 Å². The summed E-state index contributed by atoms with van der Waals surface area (Å²) in [5.74, 6) is 0.984. The molecule has 1 unspecified atom stereocenters. The van der Waals surface area contributed by atoms with Crippen LogP contribution in [0.2, 0.25) is 0 Å². The van der Waals surface area contributed by atoms with E-state index in [-0.39, 0.29) is 17.5 Å². The molecule has 1 aliphatic rings. The standard InChI is InChI=1S/C11H17N3O2S/c1-9-8-17(15,16)6-5-14(9)7-10-3-2-4-13-11(10)12/h2-4,9H,5-8H2,1H3,(H2,12,13). The molecule has 1 aromatic rings. The molecule has 0 aliphatic carbocycles. The van der Waals surface area contributed by atoms with E-state index in [2.05, 4.69) is 9.88 Å². The Balaban J connectivity index is 2.08. The Bertz CT molecular complexity index is 501. The highest BCUT2D eigenvalue weighted by molar-refractivity contribution is 7.91. The number of anilines is 1. The zero-order chi connectivity index (χ0) is 12.5. The van der Waals surface area contributed by atoms with Crippen LogP contribution >= 0.6 is 0 Å². The van der Waals surface area contributed by atoms with E-state index >= 15 is 0 Å². The van der Waals surface area contributed by atoms with Crippen molar-refractivity contribution in [3.05, 3.63) is 23.9 Å². The van der Waals surface area contributed by atoms with E-state index in [0.29, 0.717) is 18.9 Å². The predicted octanol–water partition coefficient (Wildman–Crippen LogP) is 0.283. The molecule has 1 aromatic heterocycles. The van der Waals surface area contributed by atoms with Crippen LogP contribution in [0.25, 0.3) is 0 Å². The Labute approximate surface area is 102 Å². The number of pyridine rings is 1. The first-order valence-corrected chi connectivity index (χ1v) is 7.44. The highest BCUT2D eigenvalue weighted by Crippen LogP contribution is 2.17. The number of hydrogen-bond acceptors (Lipinski definition) is 5. The minimum atomic E-state index is -2.86. The molecular weight excluding hydrogens is 238 g/mol. The number of nitrogen functional groups attached to an aromatic ring is 1. The lowest BCUT2D eigenvalue weighted by molar-refractivity contribution is 0.218. The van der Waals surface area contributed by atoms with Gasteiger partial charge in [0.2, 0.25) is 0 Å². The Kier molecular flexibility index (Phi) is 3.35. The normalized spacial score (nSPS) is 24.6. The van der Waals surface area contributed by atoms with Gasteiger partial charge < -0.3 is 5.73 Å². The van der Waals surface area contributed by atoms with Crippen LogP contribution in [-0.2, 0) is 16.4 Å².